The molecule has 5 aromatic rings. The standard InChI is InChI=1S/C51H60N8O9S/c1-32-6-4-5-7-38(32)44-28-67-31-50(2,3)58(44)36-25-51(26-36)15-18-56(19-16-51)35-8-10-39(41(23-35)57-43-22-34-12-17-52-47(34)54-49(43)68-46-30-66-29-45(46)57)48(60)55-69(63,64)37-9-11-40(42(24-37)59(61)62)53-27-33-13-20-65-21-14-33/h4-12,17,22-24,33,36,44-46,53H,13-16,18-21,25-31H2,1-3H3,(H,52,54)(H,55,60)/t44-,45-,46-/m1/s1. The molecular weight excluding hydrogens is 901 g/mol. The maximum atomic E-state index is 14.6. The number of hydrogen-bond donors (Lipinski definition) is 3. The van der Waals surface area contributed by atoms with Gasteiger partial charge in [-0.3, -0.25) is 19.8 Å². The zero-order valence-electron chi connectivity index (χ0n) is 39.3. The van der Waals surface area contributed by atoms with Crippen LogP contribution in [0.1, 0.15) is 79.9 Å². The first kappa shape index (κ1) is 45.6. The number of pyridine rings is 1. The molecule has 2 aromatic heterocycles. The Labute approximate surface area is 402 Å². The molecule has 1 spiro atoms. The Balaban J connectivity index is 0.876. The summed E-state index contributed by atoms with van der Waals surface area (Å²) in [5, 5.41) is 16.3. The number of nitrogens with zero attached hydrogens (tertiary/aromatic N) is 5. The topological polar surface area (TPSA) is 194 Å². The van der Waals surface area contributed by atoms with Gasteiger partial charge in [0.2, 0.25) is 5.88 Å². The summed E-state index contributed by atoms with van der Waals surface area (Å²) in [6.45, 7) is 12.2. The minimum atomic E-state index is -4.60. The number of fused-ring (bicyclic) bond motifs is 3. The summed E-state index contributed by atoms with van der Waals surface area (Å²) in [5.41, 5.74) is 5.30. The van der Waals surface area contributed by atoms with Crippen LogP contribution in [-0.2, 0) is 24.2 Å². The van der Waals surface area contributed by atoms with Crippen LogP contribution >= 0.6 is 0 Å². The number of nitro groups is 1. The summed E-state index contributed by atoms with van der Waals surface area (Å²) in [6.07, 6.45) is 7.32. The molecule has 1 aliphatic carbocycles. The summed E-state index contributed by atoms with van der Waals surface area (Å²) in [5.74, 6) is -0.246. The van der Waals surface area contributed by atoms with E-state index >= 15 is 0 Å². The van der Waals surface area contributed by atoms with E-state index in [0.29, 0.717) is 75.1 Å². The third-order valence-corrected chi connectivity index (χ3v) is 17.0. The lowest BCUT2D eigenvalue weighted by atomic mass is 9.59. The fraction of sp³-hybridized carbons (Fsp3) is 0.490. The molecule has 0 bridgehead atoms. The number of hydrogen-bond acceptors (Lipinski definition) is 14. The third kappa shape index (κ3) is 8.57. The number of nitrogens with one attached hydrogen (secondary N) is 3. The van der Waals surface area contributed by atoms with Gasteiger partial charge in [0.25, 0.3) is 21.6 Å². The Morgan fingerprint density at radius 2 is 1.74 bits per heavy atom. The lowest BCUT2D eigenvalue weighted by molar-refractivity contribution is -0.384. The number of anilines is 4. The monoisotopic (exact) mass is 960 g/mol. The molecule has 11 rings (SSSR count). The summed E-state index contributed by atoms with van der Waals surface area (Å²) < 4.78 is 54.5. The van der Waals surface area contributed by atoms with E-state index in [-0.39, 0.29) is 40.2 Å². The van der Waals surface area contributed by atoms with Crippen molar-refractivity contribution in [3.63, 3.8) is 0 Å². The lowest BCUT2D eigenvalue weighted by Gasteiger charge is -2.61. The molecule has 5 fully saturated rings. The highest BCUT2D eigenvalue weighted by atomic mass is 32.2. The molecule has 5 aliphatic heterocycles. The van der Waals surface area contributed by atoms with Gasteiger partial charge in [0, 0.05) is 67.8 Å². The Kier molecular flexibility index (Phi) is 11.8. The molecule has 4 saturated heterocycles. The largest absolute Gasteiger partial charge is 0.468 e. The molecular formula is C51H60N8O9S. The number of carbonyl (C=O) groups excluding carboxylic acids is 1. The fourth-order valence-electron chi connectivity index (χ4n) is 12.0. The normalized spacial score (nSPS) is 23.8. The zero-order valence-corrected chi connectivity index (χ0v) is 40.1. The molecule has 0 unspecified atom stereocenters. The van der Waals surface area contributed by atoms with E-state index < -0.39 is 37.5 Å². The first-order chi connectivity index (χ1) is 33.3. The number of aromatic nitrogens is 2. The number of morpholine rings is 1. The molecule has 17 nitrogen and oxygen atoms in total. The van der Waals surface area contributed by atoms with Gasteiger partial charge in [-0.25, -0.2) is 13.1 Å². The number of amides is 1. The Morgan fingerprint density at radius 1 is 0.942 bits per heavy atom. The Hall–Kier alpha value is -5.79. The van der Waals surface area contributed by atoms with Crippen LogP contribution in [0.3, 0.4) is 0 Å². The highest BCUT2D eigenvalue weighted by Gasteiger charge is 2.53. The average molecular weight is 961 g/mol. The molecule has 1 amide bonds. The van der Waals surface area contributed by atoms with E-state index in [1.807, 2.05) is 29.2 Å². The number of sulfonamides is 1. The molecule has 3 aromatic carbocycles. The lowest BCUT2D eigenvalue weighted by Crippen LogP contribution is -2.64. The van der Waals surface area contributed by atoms with E-state index in [0.717, 1.165) is 68.8 Å². The van der Waals surface area contributed by atoms with Gasteiger partial charge in [-0.1, -0.05) is 24.3 Å². The minimum absolute atomic E-state index is 0.101. The van der Waals surface area contributed by atoms with E-state index in [1.54, 1.807) is 12.3 Å². The van der Waals surface area contributed by atoms with Crippen LogP contribution in [-0.4, -0.2) is 117 Å². The summed E-state index contributed by atoms with van der Waals surface area (Å²) in [7, 11) is -4.60. The van der Waals surface area contributed by atoms with Crippen LogP contribution in [0, 0.1) is 28.4 Å². The second kappa shape index (κ2) is 17.9. The molecule has 0 radical (unpaired) electrons. The molecule has 364 valence electrons. The zero-order chi connectivity index (χ0) is 47.7. The van der Waals surface area contributed by atoms with Crippen molar-refractivity contribution < 1.29 is 37.1 Å². The predicted molar refractivity (Wildman–Crippen MR) is 261 cm³/mol. The number of ether oxygens (including phenoxy) is 4. The second-order valence-corrected chi connectivity index (χ2v) is 22.2. The molecule has 69 heavy (non-hydrogen) atoms. The highest BCUT2D eigenvalue weighted by Crippen LogP contribution is 2.55. The van der Waals surface area contributed by atoms with Crippen molar-refractivity contribution in [1.82, 2.24) is 19.6 Å². The van der Waals surface area contributed by atoms with Crippen molar-refractivity contribution in [3.8, 4) is 5.88 Å². The van der Waals surface area contributed by atoms with Crippen LogP contribution in [0.4, 0.5) is 28.4 Å². The van der Waals surface area contributed by atoms with Gasteiger partial charge >= 0.3 is 0 Å². The van der Waals surface area contributed by atoms with E-state index in [4.69, 9.17) is 23.9 Å². The van der Waals surface area contributed by atoms with Gasteiger partial charge in [0.1, 0.15) is 23.1 Å². The van der Waals surface area contributed by atoms with Crippen LogP contribution < -0.4 is 24.6 Å². The van der Waals surface area contributed by atoms with Crippen molar-refractivity contribution in [1.29, 1.82) is 0 Å². The van der Waals surface area contributed by atoms with Gasteiger partial charge in [-0.2, -0.15) is 4.98 Å². The summed E-state index contributed by atoms with van der Waals surface area (Å²) in [4.78, 5) is 41.0. The van der Waals surface area contributed by atoms with Gasteiger partial charge in [0.15, 0.2) is 0 Å². The van der Waals surface area contributed by atoms with Crippen LogP contribution in [0.5, 0.6) is 5.88 Å². The van der Waals surface area contributed by atoms with E-state index in [2.05, 4.69) is 69.9 Å². The SMILES string of the molecule is Cc1ccccc1[C@H]1COCC(C)(C)N1C1CC2(CCN(c3ccc(C(=O)NS(=O)(=O)c4ccc(NCC5CCOCC5)c([N+](=O)[O-])c4)c(N4c5cc6cc[nH]c6nc5O[C@@H]5COC[C@H]54)c3)CC2)C1. The number of aryl methyl sites for hydroxylation is 1. The molecule has 18 heteroatoms. The smallest absolute Gasteiger partial charge is 0.293 e. The Bertz CT molecular complexity index is 2890. The third-order valence-electron chi connectivity index (χ3n) is 15.7. The number of nitro benzene ring substituents is 1. The number of H-pyrrole nitrogens is 1. The van der Waals surface area contributed by atoms with Gasteiger partial charge in [-0.15, -0.1) is 0 Å². The van der Waals surface area contributed by atoms with Crippen molar-refractivity contribution >= 4 is 55.4 Å². The Morgan fingerprint density at radius 3 is 2.52 bits per heavy atom. The molecule has 6 aliphatic rings. The summed E-state index contributed by atoms with van der Waals surface area (Å²) >= 11 is 0. The fourth-order valence-corrected chi connectivity index (χ4v) is 13.0. The van der Waals surface area contributed by atoms with Crippen LogP contribution in [0.2, 0.25) is 0 Å². The second-order valence-electron chi connectivity index (χ2n) is 20.5. The first-order valence-electron chi connectivity index (χ1n) is 24.3. The van der Waals surface area contributed by atoms with Crippen molar-refractivity contribution in [2.24, 2.45) is 11.3 Å². The number of carbonyl (C=O) groups is 1. The summed E-state index contributed by atoms with van der Waals surface area (Å²) in [6, 6.07) is 22.0. The van der Waals surface area contributed by atoms with Crippen LogP contribution in [0.15, 0.2) is 83.9 Å². The molecule has 7 heterocycles. The van der Waals surface area contributed by atoms with Crippen molar-refractivity contribution in [2.45, 2.75) is 94.0 Å². The predicted octanol–water partition coefficient (Wildman–Crippen LogP) is 7.64. The maximum absolute atomic E-state index is 14.6. The van der Waals surface area contributed by atoms with Gasteiger partial charge < -0.3 is 39.0 Å². The van der Waals surface area contributed by atoms with Crippen LogP contribution in [0.25, 0.3) is 11.0 Å². The van der Waals surface area contributed by atoms with Crippen molar-refractivity contribution in [2.75, 3.05) is 74.4 Å². The average Bonchev–Trinajstić information content (AvgIpc) is 4.00. The number of aromatic amines is 1. The highest BCUT2D eigenvalue weighted by molar-refractivity contribution is 7.90. The van der Waals surface area contributed by atoms with E-state index in [1.165, 1.54) is 23.3 Å². The van der Waals surface area contributed by atoms with Gasteiger partial charge in [-0.05, 0) is 124 Å². The first-order valence-corrected chi connectivity index (χ1v) is 25.7. The minimum Gasteiger partial charge on any atom is -0.468 e. The number of piperidine rings is 1. The molecule has 3 atom stereocenters. The maximum Gasteiger partial charge on any atom is 0.293 e. The quantitative estimate of drug-likeness (QED) is 0.0864. The molecule has 1 saturated carbocycles. The van der Waals surface area contributed by atoms with Crippen molar-refractivity contribution in [3.05, 3.63) is 106 Å². The number of rotatable bonds is 11. The van der Waals surface area contributed by atoms with E-state index in [9.17, 15) is 23.3 Å². The molecule has 3 N–H and O–H groups in total. The number of benzene rings is 3. The van der Waals surface area contributed by atoms with Gasteiger partial charge in [0.05, 0.1) is 59.6 Å².